The van der Waals surface area contributed by atoms with E-state index < -0.39 is 26.8 Å². The summed E-state index contributed by atoms with van der Waals surface area (Å²) in [4.78, 5) is 21.3. The summed E-state index contributed by atoms with van der Waals surface area (Å²) in [7, 11) is -3.96. The van der Waals surface area contributed by atoms with E-state index in [9.17, 15) is 13.2 Å². The van der Waals surface area contributed by atoms with Crippen molar-refractivity contribution in [1.82, 2.24) is 14.5 Å². The molecule has 4 aliphatic heterocycles. The molecule has 2 saturated heterocycles. The van der Waals surface area contributed by atoms with Crippen molar-refractivity contribution in [2.75, 3.05) is 77.1 Å². The summed E-state index contributed by atoms with van der Waals surface area (Å²) in [6, 6.07) is 12.1. The van der Waals surface area contributed by atoms with E-state index in [4.69, 9.17) is 25.8 Å². The molecule has 2 aliphatic carbocycles. The summed E-state index contributed by atoms with van der Waals surface area (Å²) in [5.74, 6) is 0.468. The molecule has 1 N–H and O–H groups in total. The second kappa shape index (κ2) is 15.3. The quantitative estimate of drug-likeness (QED) is 0.394. The van der Waals surface area contributed by atoms with Crippen LogP contribution in [0, 0.1) is 17.8 Å². The third-order valence-corrected chi connectivity index (χ3v) is 15.8. The third kappa shape index (κ3) is 7.34. The number of fused-ring (bicyclic) bond motifs is 5. The van der Waals surface area contributed by atoms with Crippen molar-refractivity contribution in [2.45, 2.75) is 81.6 Å². The Balaban J connectivity index is 1.20. The summed E-state index contributed by atoms with van der Waals surface area (Å²) in [6.45, 7) is 14.6. The fourth-order valence-corrected chi connectivity index (χ4v) is 11.8. The number of ether oxygens (including phenoxy) is 3. The molecule has 1 spiro atoms. The van der Waals surface area contributed by atoms with Crippen LogP contribution in [0.4, 0.5) is 5.69 Å². The Kier molecular flexibility index (Phi) is 10.9. The highest BCUT2D eigenvalue weighted by Crippen LogP contribution is 2.49. The van der Waals surface area contributed by atoms with E-state index in [-0.39, 0.29) is 17.3 Å². The summed E-state index contributed by atoms with van der Waals surface area (Å²) < 4.78 is 49.4. The van der Waals surface area contributed by atoms with Crippen LogP contribution in [0.5, 0.6) is 5.75 Å². The number of carbonyl (C=O) groups is 1. The van der Waals surface area contributed by atoms with Crippen molar-refractivity contribution in [2.24, 2.45) is 17.8 Å². The average Bonchev–Trinajstić information content (AvgIpc) is 3.29. The number of sulfonamides is 1. The second-order valence-electron chi connectivity index (χ2n) is 16.9. The fraction of sp³-hybridized carbons (Fsp3) is 0.643. The number of anilines is 1. The number of nitrogens with zero attached hydrogens (tertiary/aromatic N) is 3. The average molecular weight is 781 g/mol. The minimum Gasteiger partial charge on any atom is -0.490 e. The van der Waals surface area contributed by atoms with Gasteiger partial charge in [-0.25, -0.2) is 13.1 Å². The van der Waals surface area contributed by atoms with Crippen molar-refractivity contribution in [1.29, 1.82) is 0 Å². The number of benzene rings is 2. The molecule has 1 unspecified atom stereocenters. The van der Waals surface area contributed by atoms with Gasteiger partial charge in [-0.3, -0.25) is 14.6 Å². The van der Waals surface area contributed by atoms with E-state index >= 15 is 0 Å². The monoisotopic (exact) mass is 780 g/mol. The molecule has 8 rings (SSSR count). The first-order valence-corrected chi connectivity index (χ1v) is 22.1. The fourth-order valence-electron chi connectivity index (χ4n) is 10.3. The molecule has 2 aromatic carbocycles. The molecular weight excluding hydrogens is 724 g/mol. The summed E-state index contributed by atoms with van der Waals surface area (Å²) in [6.07, 6.45) is 10.1. The number of amides is 1. The van der Waals surface area contributed by atoms with Crippen LogP contribution in [-0.2, 0) is 31.3 Å². The van der Waals surface area contributed by atoms with Gasteiger partial charge in [0, 0.05) is 74.5 Å². The predicted octanol–water partition coefficient (Wildman–Crippen LogP) is 5.68. The lowest BCUT2D eigenvalue weighted by atomic mass is 9.63. The normalized spacial score (nSPS) is 35.0. The second-order valence-corrected chi connectivity index (χ2v) is 19.4. The van der Waals surface area contributed by atoms with Crippen LogP contribution in [0.3, 0.4) is 0 Å². The zero-order valence-electron chi connectivity index (χ0n) is 32.1. The van der Waals surface area contributed by atoms with E-state index in [2.05, 4.69) is 50.6 Å². The Morgan fingerprint density at radius 2 is 1.94 bits per heavy atom. The lowest BCUT2D eigenvalue weighted by molar-refractivity contribution is -0.121. The Morgan fingerprint density at radius 3 is 2.76 bits per heavy atom. The van der Waals surface area contributed by atoms with Crippen molar-refractivity contribution in [3.05, 3.63) is 70.3 Å². The number of carbonyl (C=O) groups excluding carboxylic acids is 1. The topological polar surface area (TPSA) is 101 Å². The van der Waals surface area contributed by atoms with Gasteiger partial charge in [-0.15, -0.1) is 0 Å². The van der Waals surface area contributed by atoms with Crippen LogP contribution < -0.4 is 14.4 Å². The van der Waals surface area contributed by atoms with Crippen molar-refractivity contribution >= 4 is 33.2 Å². The van der Waals surface area contributed by atoms with E-state index in [1.54, 1.807) is 13.0 Å². The van der Waals surface area contributed by atoms with Gasteiger partial charge in [0.15, 0.2) is 0 Å². The minimum absolute atomic E-state index is 0.223. The van der Waals surface area contributed by atoms with Crippen molar-refractivity contribution < 1.29 is 27.4 Å². The highest BCUT2D eigenvalue weighted by atomic mass is 35.5. The Morgan fingerprint density at radius 1 is 1.07 bits per heavy atom. The largest absolute Gasteiger partial charge is 0.490 e. The maximum atomic E-state index is 13.7. The Hall–Kier alpha value is -2.67. The minimum atomic E-state index is -3.96. The van der Waals surface area contributed by atoms with Crippen LogP contribution in [0.1, 0.15) is 74.4 Å². The first-order chi connectivity index (χ1) is 26.0. The number of hydrogen-bond acceptors (Lipinski definition) is 9. The van der Waals surface area contributed by atoms with E-state index in [1.807, 2.05) is 25.1 Å². The molecule has 1 amide bonds. The molecule has 3 fully saturated rings. The summed E-state index contributed by atoms with van der Waals surface area (Å²) in [5, 5.41) is -0.0327. The number of nitrogens with one attached hydrogen (secondary N) is 1. The number of halogens is 1. The van der Waals surface area contributed by atoms with Crippen LogP contribution in [0.2, 0.25) is 5.02 Å². The zero-order chi connectivity index (χ0) is 37.7. The smallest absolute Gasteiger partial charge is 0.264 e. The van der Waals surface area contributed by atoms with E-state index in [0.717, 1.165) is 108 Å². The molecule has 4 heterocycles. The van der Waals surface area contributed by atoms with Gasteiger partial charge in [-0.2, -0.15) is 0 Å². The van der Waals surface area contributed by atoms with Crippen LogP contribution in [0.25, 0.3) is 0 Å². The molecule has 2 aromatic rings. The lowest BCUT2D eigenvalue weighted by Gasteiger charge is -2.53. The highest BCUT2D eigenvalue weighted by Gasteiger charge is 2.50. The molecule has 1 saturated carbocycles. The zero-order valence-corrected chi connectivity index (χ0v) is 33.7. The molecule has 7 atom stereocenters. The number of allylic oxidation sites excluding steroid dienone is 1. The third-order valence-electron chi connectivity index (χ3n) is 13.6. The van der Waals surface area contributed by atoms with Gasteiger partial charge in [0.1, 0.15) is 11.4 Å². The molecule has 294 valence electrons. The van der Waals surface area contributed by atoms with Crippen molar-refractivity contribution in [3.8, 4) is 5.75 Å². The number of morpholine rings is 1. The highest BCUT2D eigenvalue weighted by molar-refractivity contribution is 7.90. The molecule has 10 nitrogen and oxygen atoms in total. The Labute approximate surface area is 326 Å². The number of piperazine rings is 1. The number of hydrogen-bond donors (Lipinski definition) is 1. The van der Waals surface area contributed by atoms with Gasteiger partial charge >= 0.3 is 0 Å². The molecule has 0 aromatic heterocycles. The van der Waals surface area contributed by atoms with Gasteiger partial charge in [0.2, 0.25) is 10.0 Å². The van der Waals surface area contributed by atoms with E-state index in [1.165, 1.54) is 11.1 Å². The van der Waals surface area contributed by atoms with Crippen LogP contribution >= 0.6 is 11.6 Å². The van der Waals surface area contributed by atoms with Crippen LogP contribution in [0.15, 0.2) is 48.6 Å². The summed E-state index contributed by atoms with van der Waals surface area (Å²) in [5.41, 5.74) is 2.89. The number of aryl methyl sites for hydroxylation is 1. The van der Waals surface area contributed by atoms with Gasteiger partial charge in [-0.05, 0) is 112 Å². The first kappa shape index (κ1) is 38.2. The van der Waals surface area contributed by atoms with Gasteiger partial charge in [0.05, 0.1) is 30.8 Å². The molecule has 12 heteroatoms. The standard InChI is InChI=1S/C42H57ClN4O6S/c1-4-53-42(27-45-17-18-46-19-20-51-25-35(46)24-45)16-5-7-29(2)30(3)54(49,50)44-40(48)32-10-14-39-38(22-32)47(23-33-9-12-37(33)42)26-41(28-52-39)15-6-8-31-21-34(43)11-13-36(31)41/h5,10-11,13-14,16,21-22,29-30,33,35,37H,4,6-9,12,15,17-20,23-28H2,1-3H3,(H,44,48)/b16-5+/t29?,30-,33+,35+,37-,41+,42-/m1/s1. The molecule has 2 bridgehead atoms. The SMILES string of the molecule is CCO[C@@]1(CN2CCN3CCOC[C@@H]3C2)/C=C/CC(C)[C@@H](C)S(=O)(=O)NC(=O)c2ccc3c(c2)N(C[C@@H]2CC[C@H]21)C[C@@]1(CCCc2cc(Cl)ccc21)CO3. The molecular formula is C42H57ClN4O6S. The van der Waals surface area contributed by atoms with Crippen molar-refractivity contribution in [3.63, 3.8) is 0 Å². The first-order valence-electron chi connectivity index (χ1n) is 20.2. The summed E-state index contributed by atoms with van der Waals surface area (Å²) >= 11 is 6.52. The van der Waals surface area contributed by atoms with Gasteiger partial charge in [0.25, 0.3) is 5.91 Å². The predicted molar refractivity (Wildman–Crippen MR) is 212 cm³/mol. The molecule has 54 heavy (non-hydrogen) atoms. The van der Waals surface area contributed by atoms with Gasteiger partial charge in [-0.1, -0.05) is 36.7 Å². The lowest BCUT2D eigenvalue weighted by Crippen LogP contribution is -2.62. The number of rotatable bonds is 4. The van der Waals surface area contributed by atoms with E-state index in [0.29, 0.717) is 37.2 Å². The molecule has 0 radical (unpaired) electrons. The van der Waals surface area contributed by atoms with Crippen LogP contribution in [-0.4, -0.2) is 113 Å². The van der Waals surface area contributed by atoms with Gasteiger partial charge < -0.3 is 19.1 Å². The Bertz CT molecular complexity index is 1860. The maximum Gasteiger partial charge on any atom is 0.264 e. The maximum absolute atomic E-state index is 13.7. The molecule has 6 aliphatic rings.